The summed E-state index contributed by atoms with van der Waals surface area (Å²) in [4.78, 5) is 27.7. The number of carbonyl (C=O) groups excluding carboxylic acids is 2. The zero-order chi connectivity index (χ0) is 29.1. The molecule has 2 aromatic carbocycles. The molecule has 222 valence electrons. The maximum absolute atomic E-state index is 13.5. The first-order valence-electron chi connectivity index (χ1n) is 12.9. The third kappa shape index (κ3) is 8.27. The Bertz CT molecular complexity index is 1320. The number of nitrogens with zero attached hydrogens (tertiary/aromatic N) is 4. The first-order valence-corrected chi connectivity index (χ1v) is 13.7. The largest absolute Gasteiger partial charge is 0.417 e. The third-order valence-electron chi connectivity index (χ3n) is 7.29. The molecular weight excluding hydrogens is 603 g/mol. The van der Waals surface area contributed by atoms with Crippen molar-refractivity contribution in [3.63, 3.8) is 0 Å². The number of nitrogens with one attached hydrogen (secondary N) is 3. The van der Waals surface area contributed by atoms with Gasteiger partial charge in [0.1, 0.15) is 0 Å². The predicted octanol–water partition coefficient (Wildman–Crippen LogP) is 7.51. The number of halogens is 4. The van der Waals surface area contributed by atoms with Gasteiger partial charge in [0.05, 0.1) is 5.56 Å². The summed E-state index contributed by atoms with van der Waals surface area (Å²) in [5.41, 5.74) is 0.488. The number of tetrazole rings is 1. The van der Waals surface area contributed by atoms with E-state index in [-0.39, 0.29) is 41.5 Å². The predicted molar refractivity (Wildman–Crippen MR) is 154 cm³/mol. The van der Waals surface area contributed by atoms with Crippen LogP contribution in [0.5, 0.6) is 0 Å². The van der Waals surface area contributed by atoms with E-state index in [1.165, 1.54) is 12.1 Å². The molecule has 1 aromatic heterocycles. The highest BCUT2D eigenvalue weighted by atomic mass is 79.9. The van der Waals surface area contributed by atoms with Gasteiger partial charge in [-0.15, -0.1) is 5.10 Å². The lowest BCUT2D eigenvalue weighted by Crippen LogP contribution is -2.45. The molecule has 0 saturated heterocycles. The van der Waals surface area contributed by atoms with Crippen LogP contribution in [0.1, 0.15) is 75.4 Å². The van der Waals surface area contributed by atoms with Crippen molar-refractivity contribution >= 4 is 39.5 Å². The van der Waals surface area contributed by atoms with Gasteiger partial charge in [0, 0.05) is 28.3 Å². The number of amides is 3. The molecule has 0 aliphatic heterocycles. The molecule has 3 aromatic rings. The highest BCUT2D eigenvalue weighted by Crippen LogP contribution is 2.40. The number of hydrogen-bond acceptors (Lipinski definition) is 5. The summed E-state index contributed by atoms with van der Waals surface area (Å²) >= 11 is 2.94. The van der Waals surface area contributed by atoms with Crippen molar-refractivity contribution in [2.75, 3.05) is 10.6 Å². The number of aromatic amines is 1. The monoisotopic (exact) mass is 637 g/mol. The Labute approximate surface area is 245 Å². The molecule has 3 N–H and O–H groups in total. The standard InChI is InChI=1S/C27H31BrF3N7O2.CH4/c1-26(2,3)18-8-11-20(12-9-18)38(25(40)32-19-10-13-22(28)21(14-19)27(29,30)31)15-16-4-6-17(7-5-16)23(39)33-24-34-36-37-35-24;/h4-7,10,13-14,18,20H,8-9,11-12,15H2,1-3H3,(H,32,40)(H2,33,34,35,36,37,39);1H4. The van der Waals surface area contributed by atoms with Crippen LogP contribution in [0.25, 0.3) is 0 Å². The summed E-state index contributed by atoms with van der Waals surface area (Å²) in [5.74, 6) is 0.148. The molecular formula is C28H35BrF3N7O2. The molecule has 1 aliphatic carbocycles. The van der Waals surface area contributed by atoms with E-state index in [9.17, 15) is 22.8 Å². The van der Waals surface area contributed by atoms with Gasteiger partial charge in [-0.1, -0.05) is 61.4 Å². The molecule has 41 heavy (non-hydrogen) atoms. The quantitative estimate of drug-likeness (QED) is 0.259. The molecule has 9 nitrogen and oxygen atoms in total. The fraction of sp³-hybridized carbons (Fsp3) is 0.464. The molecule has 4 rings (SSSR count). The highest BCUT2D eigenvalue weighted by molar-refractivity contribution is 9.10. The molecule has 0 bridgehead atoms. The molecule has 1 saturated carbocycles. The Hall–Kier alpha value is -3.48. The third-order valence-corrected chi connectivity index (χ3v) is 7.98. The molecule has 0 spiro atoms. The van der Waals surface area contributed by atoms with E-state index in [0.29, 0.717) is 11.5 Å². The number of hydrogen-bond donors (Lipinski definition) is 3. The van der Waals surface area contributed by atoms with Crippen LogP contribution >= 0.6 is 15.9 Å². The van der Waals surface area contributed by atoms with Crippen molar-refractivity contribution in [1.29, 1.82) is 0 Å². The van der Waals surface area contributed by atoms with Gasteiger partial charge in [-0.2, -0.15) is 18.4 Å². The Morgan fingerprint density at radius 3 is 2.24 bits per heavy atom. The molecule has 3 amide bonds. The van der Waals surface area contributed by atoms with Gasteiger partial charge >= 0.3 is 12.2 Å². The summed E-state index contributed by atoms with van der Waals surface area (Å²) < 4.78 is 40.2. The van der Waals surface area contributed by atoms with Crippen LogP contribution in [0, 0.1) is 11.3 Å². The van der Waals surface area contributed by atoms with Crippen molar-refractivity contribution in [2.24, 2.45) is 11.3 Å². The molecule has 0 radical (unpaired) electrons. The Kier molecular flexibility index (Phi) is 10.2. The van der Waals surface area contributed by atoms with Gasteiger partial charge in [0.15, 0.2) is 0 Å². The van der Waals surface area contributed by atoms with E-state index < -0.39 is 23.7 Å². The average molecular weight is 639 g/mol. The average Bonchev–Trinajstić information content (AvgIpc) is 3.40. The van der Waals surface area contributed by atoms with Gasteiger partial charge in [0.25, 0.3) is 11.9 Å². The minimum absolute atomic E-state index is 0. The summed E-state index contributed by atoms with van der Waals surface area (Å²) in [6.07, 6.45) is -1.10. The molecule has 1 fully saturated rings. The highest BCUT2D eigenvalue weighted by Gasteiger charge is 2.35. The van der Waals surface area contributed by atoms with Crippen molar-refractivity contribution in [2.45, 2.75) is 72.6 Å². The van der Waals surface area contributed by atoms with E-state index in [0.717, 1.165) is 37.3 Å². The number of anilines is 2. The lowest BCUT2D eigenvalue weighted by Gasteiger charge is -2.41. The number of aromatic nitrogens is 4. The number of urea groups is 1. The second-order valence-electron chi connectivity index (χ2n) is 11.0. The van der Waals surface area contributed by atoms with Crippen LogP contribution in [0.3, 0.4) is 0 Å². The topological polar surface area (TPSA) is 116 Å². The van der Waals surface area contributed by atoms with E-state index in [4.69, 9.17) is 0 Å². The van der Waals surface area contributed by atoms with Crippen LogP contribution in [0.15, 0.2) is 46.9 Å². The Morgan fingerprint density at radius 2 is 1.68 bits per heavy atom. The first-order chi connectivity index (χ1) is 18.8. The fourth-order valence-corrected chi connectivity index (χ4v) is 5.45. The van der Waals surface area contributed by atoms with Gasteiger partial charge < -0.3 is 10.2 Å². The maximum Gasteiger partial charge on any atom is 0.417 e. The van der Waals surface area contributed by atoms with E-state index in [1.807, 2.05) is 0 Å². The minimum Gasteiger partial charge on any atom is -0.317 e. The Morgan fingerprint density at radius 1 is 1.02 bits per heavy atom. The van der Waals surface area contributed by atoms with Gasteiger partial charge in [-0.05, 0) is 78.1 Å². The second-order valence-corrected chi connectivity index (χ2v) is 11.9. The van der Waals surface area contributed by atoms with E-state index >= 15 is 0 Å². The zero-order valence-electron chi connectivity index (χ0n) is 22.3. The normalized spacial score (nSPS) is 17.3. The van der Waals surface area contributed by atoms with Crippen LogP contribution in [0.2, 0.25) is 0 Å². The first kappa shape index (κ1) is 32.0. The van der Waals surface area contributed by atoms with Crippen LogP contribution in [0.4, 0.5) is 29.6 Å². The fourth-order valence-electron chi connectivity index (χ4n) is 4.98. The van der Waals surface area contributed by atoms with Crippen molar-refractivity contribution in [3.05, 3.63) is 63.6 Å². The van der Waals surface area contributed by atoms with Crippen LogP contribution < -0.4 is 10.6 Å². The van der Waals surface area contributed by atoms with Gasteiger partial charge in [-0.25, -0.2) is 4.79 Å². The van der Waals surface area contributed by atoms with E-state index in [2.05, 4.69) is 68.0 Å². The number of rotatable bonds is 6. The van der Waals surface area contributed by atoms with Crippen molar-refractivity contribution < 1.29 is 22.8 Å². The maximum atomic E-state index is 13.5. The van der Waals surface area contributed by atoms with E-state index in [1.54, 1.807) is 29.2 Å². The summed E-state index contributed by atoms with van der Waals surface area (Å²) in [5, 5.41) is 18.2. The smallest absolute Gasteiger partial charge is 0.317 e. The van der Waals surface area contributed by atoms with Crippen LogP contribution in [-0.4, -0.2) is 43.5 Å². The van der Waals surface area contributed by atoms with Crippen molar-refractivity contribution in [1.82, 2.24) is 25.5 Å². The minimum atomic E-state index is -4.57. The molecule has 0 atom stereocenters. The number of alkyl halides is 3. The molecule has 0 unspecified atom stereocenters. The zero-order valence-corrected chi connectivity index (χ0v) is 23.9. The second kappa shape index (κ2) is 13.0. The summed E-state index contributed by atoms with van der Waals surface area (Å²) in [6, 6.07) is 9.81. The number of H-pyrrole nitrogens is 1. The lowest BCUT2D eigenvalue weighted by molar-refractivity contribution is -0.138. The number of benzene rings is 2. The Balaban J connectivity index is 0.00000462. The van der Waals surface area contributed by atoms with Gasteiger partial charge in [-0.3, -0.25) is 10.1 Å². The molecule has 1 heterocycles. The summed E-state index contributed by atoms with van der Waals surface area (Å²) in [7, 11) is 0. The van der Waals surface area contributed by atoms with Gasteiger partial charge in [0.2, 0.25) is 0 Å². The summed E-state index contributed by atoms with van der Waals surface area (Å²) in [6.45, 7) is 6.87. The molecule has 13 heteroatoms. The van der Waals surface area contributed by atoms with Crippen LogP contribution in [-0.2, 0) is 12.7 Å². The van der Waals surface area contributed by atoms with Crippen molar-refractivity contribution in [3.8, 4) is 0 Å². The lowest BCUT2D eigenvalue weighted by atomic mass is 9.71. The number of carbonyl (C=O) groups is 2. The molecule has 1 aliphatic rings. The SMILES string of the molecule is C.CC(C)(C)C1CCC(N(Cc2ccc(C(=O)Nc3nn[nH]n3)cc2)C(=O)Nc2ccc(Br)c(C(F)(F)F)c2)CC1.